The van der Waals surface area contributed by atoms with Gasteiger partial charge in [0.2, 0.25) is 0 Å². The van der Waals surface area contributed by atoms with Gasteiger partial charge in [-0.05, 0) is 12.1 Å². The number of rotatable bonds is 3. The van der Waals surface area contributed by atoms with E-state index in [2.05, 4.69) is 4.40 Å². The number of aromatic carboxylic acids is 1. The van der Waals surface area contributed by atoms with Crippen molar-refractivity contribution in [1.29, 1.82) is 0 Å². The standard InChI is InChI=1S/C11H14N2O4S/c1-13(2)10(12-18(3,16)17)8-4-6-9(7-5-8)11(14)15/h4-7H,1-3H3,(H,14,15)/b12-10+. The first-order valence-corrected chi connectivity index (χ1v) is 6.86. The molecule has 0 atom stereocenters. The fraction of sp³-hybridized carbons (Fsp3) is 0.273. The Balaban J connectivity index is 3.24. The summed E-state index contributed by atoms with van der Waals surface area (Å²) in [4.78, 5) is 12.3. The SMILES string of the molecule is CN(C)/C(=N/S(C)(=O)=O)c1ccc(C(=O)O)cc1. The second-order valence-electron chi connectivity index (χ2n) is 3.92. The maximum absolute atomic E-state index is 11.2. The Hall–Kier alpha value is -1.89. The predicted molar refractivity (Wildman–Crippen MR) is 68.5 cm³/mol. The van der Waals surface area contributed by atoms with Crippen LogP contribution >= 0.6 is 0 Å². The van der Waals surface area contributed by atoms with Crippen molar-refractivity contribution in [3.05, 3.63) is 35.4 Å². The summed E-state index contributed by atoms with van der Waals surface area (Å²) in [6, 6.07) is 5.85. The molecule has 0 radical (unpaired) electrons. The number of amidine groups is 1. The van der Waals surface area contributed by atoms with E-state index < -0.39 is 16.0 Å². The lowest BCUT2D eigenvalue weighted by atomic mass is 10.1. The van der Waals surface area contributed by atoms with Gasteiger partial charge in [-0.25, -0.2) is 13.2 Å². The van der Waals surface area contributed by atoms with E-state index >= 15 is 0 Å². The van der Waals surface area contributed by atoms with E-state index in [1.54, 1.807) is 19.0 Å². The Bertz CT molecular complexity index is 574. The summed E-state index contributed by atoms with van der Waals surface area (Å²) in [5, 5.41) is 8.77. The molecule has 18 heavy (non-hydrogen) atoms. The number of carboxylic acids is 1. The van der Waals surface area contributed by atoms with Crippen molar-refractivity contribution in [2.45, 2.75) is 0 Å². The van der Waals surface area contributed by atoms with Crippen LogP contribution in [0.4, 0.5) is 0 Å². The van der Waals surface area contributed by atoms with Crippen LogP contribution in [0.3, 0.4) is 0 Å². The smallest absolute Gasteiger partial charge is 0.335 e. The van der Waals surface area contributed by atoms with Gasteiger partial charge in [-0.15, -0.1) is 4.40 Å². The summed E-state index contributed by atoms with van der Waals surface area (Å²) in [6.45, 7) is 0. The van der Waals surface area contributed by atoms with Gasteiger partial charge in [0, 0.05) is 19.7 Å². The third-order valence-corrected chi connectivity index (χ3v) is 2.57. The average molecular weight is 270 g/mol. The normalized spacial score (nSPS) is 12.3. The van der Waals surface area contributed by atoms with Gasteiger partial charge in [-0.2, -0.15) is 0 Å². The molecule has 0 bridgehead atoms. The monoisotopic (exact) mass is 270 g/mol. The molecule has 6 nitrogen and oxygen atoms in total. The quantitative estimate of drug-likeness (QED) is 0.643. The Morgan fingerprint density at radius 1 is 1.17 bits per heavy atom. The van der Waals surface area contributed by atoms with E-state index in [1.165, 1.54) is 24.3 Å². The third-order valence-electron chi connectivity index (χ3n) is 2.07. The molecule has 0 fully saturated rings. The number of hydrogen-bond donors (Lipinski definition) is 1. The zero-order valence-corrected chi connectivity index (χ0v) is 11.1. The Labute approximate surface area is 106 Å². The summed E-state index contributed by atoms with van der Waals surface area (Å²) in [5.41, 5.74) is 0.673. The Morgan fingerprint density at radius 3 is 1.94 bits per heavy atom. The minimum absolute atomic E-state index is 0.135. The van der Waals surface area contributed by atoms with Gasteiger partial charge in [-0.1, -0.05) is 12.1 Å². The van der Waals surface area contributed by atoms with E-state index in [-0.39, 0.29) is 11.4 Å². The molecule has 98 valence electrons. The van der Waals surface area contributed by atoms with Gasteiger partial charge in [0.05, 0.1) is 11.8 Å². The molecule has 0 spiro atoms. The minimum Gasteiger partial charge on any atom is -0.478 e. The molecule has 0 aliphatic rings. The van der Waals surface area contributed by atoms with Gasteiger partial charge in [0.15, 0.2) is 0 Å². The Kier molecular flexibility index (Phi) is 4.07. The van der Waals surface area contributed by atoms with Crippen LogP contribution in [-0.2, 0) is 10.0 Å². The number of carboxylic acid groups (broad SMARTS) is 1. The minimum atomic E-state index is -3.51. The molecule has 1 rings (SSSR count). The first-order valence-electron chi connectivity index (χ1n) is 5.01. The summed E-state index contributed by atoms with van der Waals surface area (Å²) >= 11 is 0. The van der Waals surface area contributed by atoms with Crippen LogP contribution in [0.25, 0.3) is 0 Å². The highest BCUT2D eigenvalue weighted by Gasteiger charge is 2.11. The largest absolute Gasteiger partial charge is 0.478 e. The molecular formula is C11H14N2O4S. The maximum atomic E-state index is 11.2. The van der Waals surface area contributed by atoms with Gasteiger partial charge >= 0.3 is 5.97 Å². The topological polar surface area (TPSA) is 87.0 Å². The van der Waals surface area contributed by atoms with Gasteiger partial charge in [0.1, 0.15) is 5.84 Å². The molecule has 0 aliphatic carbocycles. The lowest BCUT2D eigenvalue weighted by Gasteiger charge is -2.15. The van der Waals surface area contributed by atoms with Crippen molar-refractivity contribution in [2.24, 2.45) is 4.40 Å². The predicted octanol–water partition coefficient (Wildman–Crippen LogP) is 0.653. The molecule has 0 saturated heterocycles. The Morgan fingerprint density at radius 2 is 1.61 bits per heavy atom. The number of carbonyl (C=O) groups is 1. The van der Waals surface area contributed by atoms with Crippen LogP contribution in [0.2, 0.25) is 0 Å². The van der Waals surface area contributed by atoms with Crippen LogP contribution < -0.4 is 0 Å². The number of nitrogens with zero attached hydrogens (tertiary/aromatic N) is 2. The third kappa shape index (κ3) is 3.85. The molecule has 0 aliphatic heterocycles. The molecule has 7 heteroatoms. The molecule has 0 amide bonds. The van der Waals surface area contributed by atoms with Gasteiger partial charge in [-0.3, -0.25) is 0 Å². The summed E-state index contributed by atoms with van der Waals surface area (Å²) < 4.78 is 26.0. The lowest BCUT2D eigenvalue weighted by molar-refractivity contribution is 0.0697. The van der Waals surface area contributed by atoms with Crippen molar-refractivity contribution in [3.8, 4) is 0 Å². The molecule has 1 aromatic rings. The molecule has 0 unspecified atom stereocenters. The highest BCUT2D eigenvalue weighted by Crippen LogP contribution is 2.08. The molecular weight excluding hydrogens is 256 g/mol. The maximum Gasteiger partial charge on any atom is 0.335 e. The van der Waals surface area contributed by atoms with E-state index in [0.29, 0.717) is 5.56 Å². The summed E-state index contributed by atoms with van der Waals surface area (Å²) in [5.74, 6) is -0.776. The number of sulfonamides is 1. The zero-order chi connectivity index (χ0) is 13.9. The summed E-state index contributed by atoms with van der Waals surface area (Å²) in [7, 11) is -0.189. The van der Waals surface area contributed by atoms with Crippen molar-refractivity contribution in [2.75, 3.05) is 20.4 Å². The van der Waals surface area contributed by atoms with Crippen LogP contribution in [0.15, 0.2) is 28.7 Å². The molecule has 1 aromatic carbocycles. The molecule has 0 aromatic heterocycles. The summed E-state index contributed by atoms with van der Waals surface area (Å²) in [6.07, 6.45) is 1.00. The molecule has 1 N–H and O–H groups in total. The van der Waals surface area contributed by atoms with Crippen LogP contribution in [0, 0.1) is 0 Å². The first kappa shape index (κ1) is 14.2. The fourth-order valence-electron chi connectivity index (χ4n) is 1.31. The first-order chi connectivity index (χ1) is 8.20. The average Bonchev–Trinajstić information content (AvgIpc) is 2.24. The lowest BCUT2D eigenvalue weighted by Crippen LogP contribution is -2.24. The van der Waals surface area contributed by atoms with Crippen molar-refractivity contribution < 1.29 is 18.3 Å². The van der Waals surface area contributed by atoms with Crippen LogP contribution in [0.1, 0.15) is 15.9 Å². The van der Waals surface area contributed by atoms with Crippen molar-refractivity contribution in [1.82, 2.24) is 4.90 Å². The van der Waals surface area contributed by atoms with E-state index in [1.807, 2.05) is 0 Å². The van der Waals surface area contributed by atoms with E-state index in [9.17, 15) is 13.2 Å². The van der Waals surface area contributed by atoms with Gasteiger partial charge in [0.25, 0.3) is 10.0 Å². The van der Waals surface area contributed by atoms with Gasteiger partial charge < -0.3 is 10.0 Å². The molecule has 0 heterocycles. The number of hydrogen-bond acceptors (Lipinski definition) is 3. The second-order valence-corrected chi connectivity index (χ2v) is 5.57. The van der Waals surface area contributed by atoms with Crippen LogP contribution in [-0.4, -0.2) is 50.6 Å². The van der Waals surface area contributed by atoms with E-state index in [0.717, 1.165) is 6.26 Å². The second kappa shape index (κ2) is 5.18. The zero-order valence-electron chi connectivity index (χ0n) is 10.3. The number of benzene rings is 1. The van der Waals surface area contributed by atoms with E-state index in [4.69, 9.17) is 5.11 Å². The van der Waals surface area contributed by atoms with Crippen molar-refractivity contribution in [3.63, 3.8) is 0 Å². The van der Waals surface area contributed by atoms with Crippen molar-refractivity contribution >= 4 is 21.8 Å². The van der Waals surface area contributed by atoms with Crippen LogP contribution in [0.5, 0.6) is 0 Å². The fourth-order valence-corrected chi connectivity index (χ4v) is 1.89. The highest BCUT2D eigenvalue weighted by atomic mass is 32.2. The highest BCUT2D eigenvalue weighted by molar-refractivity contribution is 7.89. The molecule has 0 saturated carbocycles.